The average Bonchev–Trinajstić information content (AvgIpc) is 3.58. The highest BCUT2D eigenvalue weighted by Gasteiger charge is 2.12. The van der Waals surface area contributed by atoms with E-state index in [0.29, 0.717) is 0 Å². The number of hydrogen-bond acceptors (Lipinski definition) is 2. The van der Waals surface area contributed by atoms with Crippen molar-refractivity contribution >= 4 is 0 Å². The van der Waals surface area contributed by atoms with Gasteiger partial charge in [0.2, 0.25) is 24.8 Å². The van der Waals surface area contributed by atoms with Gasteiger partial charge in [-0.1, -0.05) is 12.1 Å². The minimum absolute atomic E-state index is 0.869. The highest BCUT2D eigenvalue weighted by atomic mass is 15.2. The normalized spacial score (nSPS) is 11.2. The van der Waals surface area contributed by atoms with Crippen LogP contribution in [0.1, 0.15) is 0 Å². The van der Waals surface area contributed by atoms with Gasteiger partial charge in [0.15, 0.2) is 0 Å². The molecule has 5 aromatic rings. The third-order valence-corrected chi connectivity index (χ3v) is 5.42. The van der Waals surface area contributed by atoms with E-state index in [1.807, 2.05) is 54.2 Å². The molecule has 0 radical (unpaired) electrons. The van der Waals surface area contributed by atoms with Gasteiger partial charge in [-0.25, -0.2) is 27.8 Å². The summed E-state index contributed by atoms with van der Waals surface area (Å²) < 4.78 is 12.9. The maximum Gasteiger partial charge on any atom is 0.250 e. The summed E-state index contributed by atoms with van der Waals surface area (Å²) in [7, 11) is 2.04. The third-order valence-electron chi connectivity index (χ3n) is 5.42. The SMILES string of the molecule is C[n+]1ccn(CCn2cc[n+](CC[n+]3ccn(-c4cccc(-c5ccccn5)n4)c3)c2)c1. The van der Waals surface area contributed by atoms with Crippen LogP contribution < -0.4 is 13.7 Å². The molecular weight excluding hydrogens is 400 g/mol. The van der Waals surface area contributed by atoms with E-state index in [9.17, 15) is 0 Å². The van der Waals surface area contributed by atoms with Gasteiger partial charge >= 0.3 is 0 Å². The number of aromatic nitrogens is 8. The molecule has 160 valence electrons. The second-order valence-corrected chi connectivity index (χ2v) is 7.86. The zero-order valence-electron chi connectivity index (χ0n) is 18.1. The predicted molar refractivity (Wildman–Crippen MR) is 117 cm³/mol. The van der Waals surface area contributed by atoms with Gasteiger partial charge < -0.3 is 0 Å². The summed E-state index contributed by atoms with van der Waals surface area (Å²) >= 11 is 0. The van der Waals surface area contributed by atoms with E-state index in [1.165, 1.54) is 0 Å². The molecule has 8 heteroatoms. The number of pyridine rings is 2. The molecule has 8 nitrogen and oxygen atoms in total. The van der Waals surface area contributed by atoms with Gasteiger partial charge in [0.05, 0.1) is 18.4 Å². The minimum Gasteiger partial charge on any atom is -0.255 e. The fraction of sp³-hybridized carbons (Fsp3) is 0.208. The molecule has 0 saturated heterocycles. The summed E-state index contributed by atoms with van der Waals surface area (Å²) in [6.45, 7) is 3.69. The van der Waals surface area contributed by atoms with Gasteiger partial charge in [-0.15, -0.1) is 0 Å². The summed E-state index contributed by atoms with van der Waals surface area (Å²) in [5.41, 5.74) is 1.75. The highest BCUT2D eigenvalue weighted by Crippen LogP contribution is 2.15. The smallest absolute Gasteiger partial charge is 0.250 e. The van der Waals surface area contributed by atoms with Crippen LogP contribution in [0.4, 0.5) is 0 Å². The first-order valence-electron chi connectivity index (χ1n) is 10.7. The maximum atomic E-state index is 4.77. The van der Waals surface area contributed by atoms with Crippen molar-refractivity contribution in [1.82, 2.24) is 23.7 Å². The Kier molecular flexibility index (Phi) is 5.57. The molecule has 5 rings (SSSR count). The zero-order valence-corrected chi connectivity index (χ0v) is 18.1. The fourth-order valence-corrected chi connectivity index (χ4v) is 3.69. The second kappa shape index (κ2) is 8.97. The van der Waals surface area contributed by atoms with Crippen molar-refractivity contribution in [2.75, 3.05) is 0 Å². The van der Waals surface area contributed by atoms with Crippen molar-refractivity contribution in [3.8, 4) is 17.2 Å². The van der Waals surface area contributed by atoms with Crippen LogP contribution in [-0.4, -0.2) is 23.7 Å². The molecule has 0 aliphatic heterocycles. The molecule has 5 aromatic heterocycles. The van der Waals surface area contributed by atoms with E-state index in [0.717, 1.165) is 43.4 Å². The van der Waals surface area contributed by atoms with Gasteiger partial charge in [-0.05, 0) is 18.2 Å². The lowest BCUT2D eigenvalue weighted by Crippen LogP contribution is -2.42. The summed E-state index contributed by atoms with van der Waals surface area (Å²) in [6, 6.07) is 11.9. The van der Waals surface area contributed by atoms with E-state index in [4.69, 9.17) is 4.98 Å². The number of rotatable bonds is 8. The van der Waals surface area contributed by atoms with E-state index in [2.05, 4.69) is 77.8 Å². The number of aryl methyl sites for hydroxylation is 5. The minimum atomic E-state index is 0.869. The summed E-state index contributed by atoms with van der Waals surface area (Å²) in [5, 5.41) is 0. The molecule has 5 heterocycles. The highest BCUT2D eigenvalue weighted by molar-refractivity contribution is 5.54. The van der Waals surface area contributed by atoms with Crippen molar-refractivity contribution in [3.05, 3.63) is 98.8 Å². The van der Waals surface area contributed by atoms with Crippen molar-refractivity contribution in [2.45, 2.75) is 26.2 Å². The van der Waals surface area contributed by atoms with E-state index in [-0.39, 0.29) is 0 Å². The van der Waals surface area contributed by atoms with Crippen LogP contribution in [0.15, 0.2) is 98.8 Å². The second-order valence-electron chi connectivity index (χ2n) is 7.86. The number of imidazole rings is 3. The average molecular weight is 428 g/mol. The van der Waals surface area contributed by atoms with Crippen LogP contribution in [0.5, 0.6) is 0 Å². The Bertz CT molecular complexity index is 1300. The largest absolute Gasteiger partial charge is 0.255 e. The van der Waals surface area contributed by atoms with Gasteiger partial charge in [0.25, 0.3) is 0 Å². The Morgan fingerprint density at radius 1 is 0.750 bits per heavy atom. The molecule has 32 heavy (non-hydrogen) atoms. The molecule has 0 N–H and O–H groups in total. The molecule has 0 spiro atoms. The lowest BCUT2D eigenvalue weighted by molar-refractivity contribution is -0.777. The van der Waals surface area contributed by atoms with Crippen LogP contribution >= 0.6 is 0 Å². The molecule has 0 fully saturated rings. The molecule has 0 aliphatic carbocycles. The Morgan fingerprint density at radius 2 is 1.50 bits per heavy atom. The maximum absolute atomic E-state index is 4.77. The van der Waals surface area contributed by atoms with Crippen LogP contribution in [0.2, 0.25) is 0 Å². The van der Waals surface area contributed by atoms with Gasteiger partial charge in [0.1, 0.15) is 63.4 Å². The zero-order chi connectivity index (χ0) is 21.8. The van der Waals surface area contributed by atoms with Crippen LogP contribution in [0.3, 0.4) is 0 Å². The number of nitrogens with zero attached hydrogens (tertiary/aromatic N) is 8. The fourth-order valence-electron chi connectivity index (χ4n) is 3.69. The molecular formula is C24H27N8+3. The van der Waals surface area contributed by atoms with Crippen molar-refractivity contribution in [1.29, 1.82) is 0 Å². The van der Waals surface area contributed by atoms with Crippen molar-refractivity contribution < 1.29 is 13.7 Å². The van der Waals surface area contributed by atoms with Gasteiger partial charge in [-0.3, -0.25) is 4.98 Å². The summed E-state index contributed by atoms with van der Waals surface area (Å²) in [6.07, 6.45) is 20.7. The molecule has 0 aromatic carbocycles. The van der Waals surface area contributed by atoms with E-state index in [1.54, 1.807) is 6.20 Å². The molecule has 0 atom stereocenters. The van der Waals surface area contributed by atoms with Crippen molar-refractivity contribution in [3.63, 3.8) is 0 Å². The Balaban J connectivity index is 1.20. The molecule has 0 amide bonds. The van der Waals surface area contributed by atoms with E-state index < -0.39 is 0 Å². The lowest BCUT2D eigenvalue weighted by atomic mass is 10.2. The lowest BCUT2D eigenvalue weighted by Gasteiger charge is -2.01. The van der Waals surface area contributed by atoms with Gasteiger partial charge in [0, 0.05) is 12.3 Å². The standard InChI is InChI=1S/C24H27N8/c1-27-9-10-28(19-27)11-12-29-13-14-30(20-29)15-16-31-17-18-32(21-31)24-7-4-6-23(26-24)22-5-2-3-8-25-22/h2-10,13-14,17-21H,11-12,15-16H2,1H3/q+3. The Hall–Kier alpha value is -4.07. The topological polar surface area (TPSA) is 52.2 Å². The predicted octanol–water partition coefficient (Wildman–Crippen LogP) is 1.34. The summed E-state index contributed by atoms with van der Waals surface area (Å²) in [4.78, 5) is 9.17. The molecule has 0 aliphatic rings. The molecule has 0 bridgehead atoms. The van der Waals surface area contributed by atoms with Gasteiger partial charge in [-0.2, -0.15) is 4.57 Å². The van der Waals surface area contributed by atoms with Crippen molar-refractivity contribution in [2.24, 2.45) is 7.05 Å². The molecule has 0 saturated carbocycles. The first-order valence-corrected chi connectivity index (χ1v) is 10.7. The number of hydrogen-bond donors (Lipinski definition) is 0. The monoisotopic (exact) mass is 427 g/mol. The quantitative estimate of drug-likeness (QED) is 0.351. The Morgan fingerprint density at radius 3 is 2.28 bits per heavy atom. The van der Waals surface area contributed by atoms with Crippen LogP contribution in [0.25, 0.3) is 17.2 Å². The molecule has 0 unspecified atom stereocenters. The third kappa shape index (κ3) is 4.64. The first kappa shape index (κ1) is 19.9. The first-order chi connectivity index (χ1) is 15.7. The Labute approximate surface area is 186 Å². The summed E-state index contributed by atoms with van der Waals surface area (Å²) in [5.74, 6) is 0.879. The van der Waals surface area contributed by atoms with Crippen LogP contribution in [0, 0.1) is 0 Å². The van der Waals surface area contributed by atoms with E-state index >= 15 is 0 Å². The van der Waals surface area contributed by atoms with Crippen LogP contribution in [-0.2, 0) is 33.2 Å².